The van der Waals surface area contributed by atoms with Crippen molar-refractivity contribution in [2.75, 3.05) is 0 Å². The van der Waals surface area contributed by atoms with E-state index < -0.39 is 35.1 Å². The molecule has 1 aromatic rings. The van der Waals surface area contributed by atoms with Crippen molar-refractivity contribution in [2.45, 2.75) is 32.0 Å². The molecule has 0 aliphatic rings. The van der Waals surface area contributed by atoms with Crippen LogP contribution in [0.4, 0.5) is 17.6 Å². The topological polar surface area (TPSA) is 52.9 Å². The highest BCUT2D eigenvalue weighted by Crippen LogP contribution is 2.30. The number of hydrogen-bond donors (Lipinski definition) is 1. The molecular formula is C13H12F4N2O. The summed E-state index contributed by atoms with van der Waals surface area (Å²) in [6.07, 6.45) is -3.73. The van der Waals surface area contributed by atoms with Gasteiger partial charge in [0.2, 0.25) is 0 Å². The number of carbonyl (C=O) groups excluding carboxylic acids is 1. The standard InChI is InChI=1S/C13H12F4N2O/c1-2-3-9(7-18)19-12(20)10-6-8(13(15,16)17)4-5-11(10)14/h4-6,9H,2-3H2,1H3,(H,19,20). The third kappa shape index (κ3) is 3.95. The van der Waals surface area contributed by atoms with Crippen LogP contribution in [0, 0.1) is 17.1 Å². The number of nitrogens with zero attached hydrogens (tertiary/aromatic N) is 1. The van der Waals surface area contributed by atoms with Crippen molar-refractivity contribution in [1.29, 1.82) is 5.26 Å². The van der Waals surface area contributed by atoms with E-state index in [0.29, 0.717) is 31.0 Å². The van der Waals surface area contributed by atoms with Crippen LogP contribution in [0.2, 0.25) is 0 Å². The lowest BCUT2D eigenvalue weighted by atomic mass is 10.1. The van der Waals surface area contributed by atoms with E-state index in [1.54, 1.807) is 13.0 Å². The molecule has 0 saturated carbocycles. The molecule has 0 bridgehead atoms. The lowest BCUT2D eigenvalue weighted by Crippen LogP contribution is -2.34. The average molecular weight is 288 g/mol. The van der Waals surface area contributed by atoms with Gasteiger partial charge in [0.15, 0.2) is 0 Å². The number of benzene rings is 1. The van der Waals surface area contributed by atoms with Crippen LogP contribution in [0.1, 0.15) is 35.7 Å². The van der Waals surface area contributed by atoms with Gasteiger partial charge in [-0.3, -0.25) is 4.79 Å². The fraction of sp³-hybridized carbons (Fsp3) is 0.385. The van der Waals surface area contributed by atoms with Gasteiger partial charge in [0.25, 0.3) is 5.91 Å². The Morgan fingerprint density at radius 3 is 2.60 bits per heavy atom. The van der Waals surface area contributed by atoms with E-state index in [1.165, 1.54) is 0 Å². The van der Waals surface area contributed by atoms with Crippen molar-refractivity contribution in [3.63, 3.8) is 0 Å². The molecule has 0 spiro atoms. The summed E-state index contributed by atoms with van der Waals surface area (Å²) in [7, 11) is 0. The Hall–Kier alpha value is -2.10. The quantitative estimate of drug-likeness (QED) is 0.864. The maximum atomic E-state index is 13.4. The van der Waals surface area contributed by atoms with Crippen molar-refractivity contribution in [2.24, 2.45) is 0 Å². The number of amides is 1. The summed E-state index contributed by atoms with van der Waals surface area (Å²) in [6, 6.07) is 2.50. The number of rotatable bonds is 4. The fourth-order valence-electron chi connectivity index (χ4n) is 1.57. The Labute approximate surface area is 113 Å². The molecular weight excluding hydrogens is 276 g/mol. The van der Waals surface area contributed by atoms with Gasteiger partial charge in [-0.25, -0.2) is 4.39 Å². The van der Waals surface area contributed by atoms with E-state index in [2.05, 4.69) is 5.32 Å². The second-order valence-corrected chi connectivity index (χ2v) is 4.14. The summed E-state index contributed by atoms with van der Waals surface area (Å²) in [5, 5.41) is 11.0. The van der Waals surface area contributed by atoms with Crippen LogP contribution < -0.4 is 5.32 Å². The number of nitriles is 1. The Morgan fingerprint density at radius 1 is 1.45 bits per heavy atom. The molecule has 0 heterocycles. The van der Waals surface area contributed by atoms with E-state index >= 15 is 0 Å². The molecule has 0 aliphatic heterocycles. The molecule has 1 rings (SSSR count). The maximum Gasteiger partial charge on any atom is 0.416 e. The molecule has 0 aromatic heterocycles. The fourth-order valence-corrected chi connectivity index (χ4v) is 1.57. The van der Waals surface area contributed by atoms with E-state index in [4.69, 9.17) is 5.26 Å². The second kappa shape index (κ2) is 6.37. The van der Waals surface area contributed by atoms with Crippen molar-refractivity contribution in [3.8, 4) is 6.07 Å². The van der Waals surface area contributed by atoms with Gasteiger partial charge in [0, 0.05) is 0 Å². The summed E-state index contributed by atoms with van der Waals surface area (Å²) in [6.45, 7) is 1.78. The first-order chi connectivity index (χ1) is 9.29. The lowest BCUT2D eigenvalue weighted by Gasteiger charge is -2.12. The summed E-state index contributed by atoms with van der Waals surface area (Å²) in [5.41, 5.74) is -1.84. The summed E-state index contributed by atoms with van der Waals surface area (Å²) < 4.78 is 51.0. The Bertz CT molecular complexity index is 534. The highest BCUT2D eigenvalue weighted by molar-refractivity contribution is 5.95. The number of halogens is 4. The molecule has 20 heavy (non-hydrogen) atoms. The number of hydrogen-bond acceptors (Lipinski definition) is 2. The van der Waals surface area contributed by atoms with Crippen LogP contribution in [0.3, 0.4) is 0 Å². The SMILES string of the molecule is CCCC(C#N)NC(=O)c1cc(C(F)(F)F)ccc1F. The van der Waals surface area contributed by atoms with Crippen molar-refractivity contribution >= 4 is 5.91 Å². The smallest absolute Gasteiger partial charge is 0.336 e. The molecule has 0 radical (unpaired) electrons. The molecule has 1 unspecified atom stereocenters. The third-order valence-corrected chi connectivity index (χ3v) is 2.58. The summed E-state index contributed by atoms with van der Waals surface area (Å²) in [4.78, 5) is 11.7. The zero-order chi connectivity index (χ0) is 15.3. The molecule has 7 heteroatoms. The van der Waals surface area contributed by atoms with Crippen molar-refractivity contribution in [1.82, 2.24) is 5.32 Å². The molecule has 3 nitrogen and oxygen atoms in total. The first-order valence-corrected chi connectivity index (χ1v) is 5.86. The number of carbonyl (C=O) groups is 1. The summed E-state index contributed by atoms with van der Waals surface area (Å²) >= 11 is 0. The average Bonchev–Trinajstić information content (AvgIpc) is 2.37. The molecule has 0 aliphatic carbocycles. The minimum absolute atomic E-state index is 0.336. The molecule has 1 amide bonds. The van der Waals surface area contributed by atoms with Crippen LogP contribution >= 0.6 is 0 Å². The molecule has 0 fully saturated rings. The molecule has 108 valence electrons. The first kappa shape index (κ1) is 16.0. The van der Waals surface area contributed by atoms with Crippen molar-refractivity contribution < 1.29 is 22.4 Å². The van der Waals surface area contributed by atoms with Crippen LogP contribution in [-0.2, 0) is 6.18 Å². The van der Waals surface area contributed by atoms with E-state index in [9.17, 15) is 22.4 Å². The Kier molecular flexibility index (Phi) is 5.08. The van der Waals surface area contributed by atoms with E-state index in [0.717, 1.165) is 0 Å². The molecule has 1 aromatic carbocycles. The Balaban J connectivity index is 3.01. The predicted molar refractivity (Wildman–Crippen MR) is 63.2 cm³/mol. The third-order valence-electron chi connectivity index (χ3n) is 2.58. The number of nitrogens with one attached hydrogen (secondary N) is 1. The zero-order valence-electron chi connectivity index (χ0n) is 10.6. The molecule has 1 atom stereocenters. The van der Waals surface area contributed by atoms with Gasteiger partial charge < -0.3 is 5.32 Å². The zero-order valence-corrected chi connectivity index (χ0v) is 10.6. The largest absolute Gasteiger partial charge is 0.416 e. The van der Waals surface area contributed by atoms with Gasteiger partial charge in [-0.1, -0.05) is 13.3 Å². The minimum Gasteiger partial charge on any atom is -0.336 e. The maximum absolute atomic E-state index is 13.4. The second-order valence-electron chi connectivity index (χ2n) is 4.14. The normalized spacial score (nSPS) is 12.6. The molecule has 1 N–H and O–H groups in total. The van der Waals surface area contributed by atoms with Gasteiger partial charge in [-0.2, -0.15) is 18.4 Å². The monoisotopic (exact) mass is 288 g/mol. The van der Waals surface area contributed by atoms with Gasteiger partial charge in [0.1, 0.15) is 11.9 Å². The van der Waals surface area contributed by atoms with Crippen LogP contribution in [-0.4, -0.2) is 11.9 Å². The van der Waals surface area contributed by atoms with Crippen LogP contribution in [0.15, 0.2) is 18.2 Å². The van der Waals surface area contributed by atoms with Gasteiger partial charge in [-0.05, 0) is 24.6 Å². The van der Waals surface area contributed by atoms with Gasteiger partial charge in [-0.15, -0.1) is 0 Å². The van der Waals surface area contributed by atoms with Crippen LogP contribution in [0.25, 0.3) is 0 Å². The van der Waals surface area contributed by atoms with Gasteiger partial charge in [0.05, 0.1) is 17.2 Å². The van der Waals surface area contributed by atoms with E-state index in [-0.39, 0.29) is 0 Å². The van der Waals surface area contributed by atoms with E-state index in [1.807, 2.05) is 0 Å². The predicted octanol–water partition coefficient (Wildman–Crippen LogP) is 3.27. The lowest BCUT2D eigenvalue weighted by molar-refractivity contribution is -0.137. The van der Waals surface area contributed by atoms with Crippen molar-refractivity contribution in [3.05, 3.63) is 35.1 Å². The highest BCUT2D eigenvalue weighted by Gasteiger charge is 2.32. The first-order valence-electron chi connectivity index (χ1n) is 5.86. The minimum atomic E-state index is -4.67. The number of alkyl halides is 3. The van der Waals surface area contributed by atoms with Crippen LogP contribution in [0.5, 0.6) is 0 Å². The Morgan fingerprint density at radius 2 is 2.10 bits per heavy atom. The molecule has 0 saturated heterocycles. The summed E-state index contributed by atoms with van der Waals surface area (Å²) in [5.74, 6) is -2.10. The highest BCUT2D eigenvalue weighted by atomic mass is 19.4. The van der Waals surface area contributed by atoms with Gasteiger partial charge >= 0.3 is 6.18 Å².